The van der Waals surface area contributed by atoms with Gasteiger partial charge in [-0.25, -0.2) is 13.4 Å². The molecule has 2 N–H and O–H groups in total. The Morgan fingerprint density at radius 1 is 1.06 bits per heavy atom. The molecule has 0 fully saturated rings. The zero-order valence-electron chi connectivity index (χ0n) is 20.1. The van der Waals surface area contributed by atoms with Crippen LogP contribution in [0.15, 0.2) is 63.7 Å². The third kappa shape index (κ3) is 5.29. The number of carbonyl (C=O) groups is 2. The number of carbonyl (C=O) groups excluding carboxylic acids is 2. The maximum absolute atomic E-state index is 13.6. The number of Topliss-reactive ketones (excluding diaryl/α,β-unsaturated/α-hetero) is 1. The van der Waals surface area contributed by atoms with Gasteiger partial charge in [0, 0.05) is 16.0 Å². The summed E-state index contributed by atoms with van der Waals surface area (Å²) in [5.74, 6) is -1.45. The second-order valence-electron chi connectivity index (χ2n) is 8.58. The van der Waals surface area contributed by atoms with Crippen LogP contribution in [-0.2, 0) is 14.6 Å². The fraction of sp³-hybridized carbons (Fsp3) is 0.320. The molecule has 1 aromatic carbocycles. The molecule has 190 valence electrons. The Kier molecular flexibility index (Phi) is 7.74. The first-order valence-corrected chi connectivity index (χ1v) is 15.0. The van der Waals surface area contributed by atoms with Crippen LogP contribution in [-0.4, -0.2) is 42.3 Å². The summed E-state index contributed by atoms with van der Waals surface area (Å²) in [6, 6.07) is 13.0. The van der Waals surface area contributed by atoms with E-state index in [1.807, 2.05) is 41.9 Å². The quantitative estimate of drug-likeness (QED) is 0.265. The molecular formula is C25H27N3O5S3. The molecule has 0 saturated heterocycles. The van der Waals surface area contributed by atoms with Gasteiger partial charge >= 0.3 is 0 Å². The van der Waals surface area contributed by atoms with E-state index in [9.17, 15) is 18.0 Å². The van der Waals surface area contributed by atoms with Gasteiger partial charge in [-0.2, -0.15) is 0 Å². The van der Waals surface area contributed by atoms with Crippen molar-refractivity contribution >= 4 is 55.3 Å². The fourth-order valence-electron chi connectivity index (χ4n) is 3.79. The van der Waals surface area contributed by atoms with Crippen molar-refractivity contribution in [1.29, 1.82) is 0 Å². The number of fused-ring (bicyclic) bond motifs is 1. The highest BCUT2D eigenvalue weighted by atomic mass is 32.2. The number of aromatic nitrogens is 1. The van der Waals surface area contributed by atoms with E-state index in [0.717, 1.165) is 16.0 Å². The molecule has 3 heterocycles. The first-order chi connectivity index (χ1) is 17.1. The van der Waals surface area contributed by atoms with E-state index >= 15 is 0 Å². The topological polar surface area (TPSA) is 118 Å². The van der Waals surface area contributed by atoms with Gasteiger partial charge in [0.1, 0.15) is 5.52 Å². The molecule has 0 spiro atoms. The zero-order valence-corrected chi connectivity index (χ0v) is 22.5. The van der Waals surface area contributed by atoms with Gasteiger partial charge < -0.3 is 9.73 Å². The van der Waals surface area contributed by atoms with Crippen LogP contribution in [0.1, 0.15) is 53.2 Å². The molecule has 0 aliphatic carbocycles. The van der Waals surface area contributed by atoms with Gasteiger partial charge in [0.2, 0.25) is 5.78 Å². The third-order valence-corrected chi connectivity index (χ3v) is 9.61. The average Bonchev–Trinajstić information content (AvgIpc) is 3.62. The molecule has 4 aromatic rings. The van der Waals surface area contributed by atoms with E-state index in [-0.39, 0.29) is 5.89 Å². The summed E-state index contributed by atoms with van der Waals surface area (Å²) in [6.07, 6.45) is 1.88. The number of hydrogen-bond donors (Lipinski definition) is 2. The highest BCUT2D eigenvalue weighted by molar-refractivity contribution is 7.92. The van der Waals surface area contributed by atoms with E-state index in [1.165, 1.54) is 29.6 Å². The summed E-state index contributed by atoms with van der Waals surface area (Å²) in [4.78, 5) is 30.9. The lowest BCUT2D eigenvalue weighted by Gasteiger charge is -2.33. The molecule has 1 unspecified atom stereocenters. The number of rotatable bonds is 11. The Morgan fingerprint density at radius 3 is 2.22 bits per heavy atom. The smallest absolute Gasteiger partial charge is 0.266 e. The van der Waals surface area contributed by atoms with Crippen molar-refractivity contribution in [3.05, 3.63) is 74.9 Å². The zero-order chi connectivity index (χ0) is 25.9. The minimum absolute atomic E-state index is 0.126. The Bertz CT molecular complexity index is 1380. The first-order valence-electron chi connectivity index (χ1n) is 11.4. The molecular weight excluding hydrogens is 518 g/mol. The van der Waals surface area contributed by atoms with Crippen molar-refractivity contribution in [1.82, 2.24) is 15.6 Å². The average molecular weight is 546 g/mol. The van der Waals surface area contributed by atoms with Crippen molar-refractivity contribution in [2.45, 2.75) is 43.6 Å². The molecule has 0 aliphatic heterocycles. The van der Waals surface area contributed by atoms with Crippen molar-refractivity contribution in [3.8, 4) is 0 Å². The minimum Gasteiger partial charge on any atom is -0.434 e. The Labute approximate surface area is 217 Å². The third-order valence-electron chi connectivity index (χ3n) is 5.95. The first kappa shape index (κ1) is 26.2. The van der Waals surface area contributed by atoms with Gasteiger partial charge in [-0.3, -0.25) is 14.9 Å². The number of oxazole rings is 1. The number of benzene rings is 1. The Balaban J connectivity index is 1.64. The summed E-state index contributed by atoms with van der Waals surface area (Å²) in [7, 11) is -3.98. The van der Waals surface area contributed by atoms with E-state index in [4.69, 9.17) is 4.42 Å². The summed E-state index contributed by atoms with van der Waals surface area (Å²) < 4.78 is 31.7. The number of hydrogen-bond acceptors (Lipinski definition) is 9. The van der Waals surface area contributed by atoms with Crippen LogP contribution >= 0.6 is 22.7 Å². The Hall–Kier alpha value is -2.86. The number of amides is 1. The van der Waals surface area contributed by atoms with Crippen LogP contribution in [0.3, 0.4) is 0 Å². The van der Waals surface area contributed by atoms with Gasteiger partial charge in [-0.05, 0) is 48.4 Å². The second-order valence-corrected chi connectivity index (χ2v) is 12.9. The van der Waals surface area contributed by atoms with Crippen LogP contribution in [0.5, 0.6) is 0 Å². The normalized spacial score (nSPS) is 14.6. The predicted octanol–water partition coefficient (Wildman–Crippen LogP) is 4.56. The maximum atomic E-state index is 13.6. The van der Waals surface area contributed by atoms with E-state index in [1.54, 1.807) is 24.3 Å². The maximum Gasteiger partial charge on any atom is 0.266 e. The number of ketones is 1. The highest BCUT2D eigenvalue weighted by Crippen LogP contribution is 2.32. The van der Waals surface area contributed by atoms with Crippen LogP contribution < -0.4 is 10.6 Å². The number of nitrogens with zero attached hydrogens (tertiary/aromatic N) is 1. The van der Waals surface area contributed by atoms with Gasteiger partial charge in [0.25, 0.3) is 11.8 Å². The second kappa shape index (κ2) is 10.6. The molecule has 3 aromatic heterocycles. The van der Waals surface area contributed by atoms with Crippen LogP contribution in [0, 0.1) is 0 Å². The lowest BCUT2D eigenvalue weighted by atomic mass is 10.1. The van der Waals surface area contributed by atoms with Gasteiger partial charge in [-0.15, -0.1) is 22.7 Å². The lowest BCUT2D eigenvalue weighted by Crippen LogP contribution is -2.62. The van der Waals surface area contributed by atoms with E-state index in [2.05, 4.69) is 15.6 Å². The van der Waals surface area contributed by atoms with E-state index in [0.29, 0.717) is 23.9 Å². The molecule has 8 nitrogen and oxygen atoms in total. The molecule has 11 heteroatoms. The van der Waals surface area contributed by atoms with Gasteiger partial charge in [-0.1, -0.05) is 37.6 Å². The summed E-state index contributed by atoms with van der Waals surface area (Å²) in [5.41, 5.74) is 0.986. The minimum atomic E-state index is -3.98. The van der Waals surface area contributed by atoms with Crippen LogP contribution in [0.4, 0.5) is 0 Å². The van der Waals surface area contributed by atoms with Crippen molar-refractivity contribution < 1.29 is 22.4 Å². The molecule has 0 aliphatic rings. The summed E-state index contributed by atoms with van der Waals surface area (Å²) in [5, 5.41) is 9.56. The van der Waals surface area contributed by atoms with Gasteiger partial charge in [0.15, 0.2) is 20.3 Å². The highest BCUT2D eigenvalue weighted by Gasteiger charge is 2.47. The molecule has 36 heavy (non-hydrogen) atoms. The number of thiophene rings is 2. The molecule has 0 saturated carbocycles. The van der Waals surface area contributed by atoms with Crippen molar-refractivity contribution in [2.75, 3.05) is 6.26 Å². The number of para-hydroxylation sites is 2. The molecule has 2 atom stereocenters. The molecule has 1 amide bonds. The fourth-order valence-corrected chi connectivity index (χ4v) is 6.18. The standard InChI is InChI=1S/C25H27N3O5S3/c1-4-9-17(22(29)23-26-16-10-5-6-11-18(16)33-23)27-24(30)25(2,36(3,31)32)28-21(19-12-7-14-34-19)20-13-8-15-35-20/h5-8,10-15,17,21,28H,4,9H2,1-3H3,(H,27,30)/t17-,25?/m0/s1. The molecule has 0 bridgehead atoms. The van der Waals surface area contributed by atoms with Crippen LogP contribution in [0.25, 0.3) is 11.1 Å². The molecule has 4 rings (SSSR count). The monoisotopic (exact) mass is 545 g/mol. The van der Waals surface area contributed by atoms with Crippen LogP contribution in [0.2, 0.25) is 0 Å². The lowest BCUT2D eigenvalue weighted by molar-refractivity contribution is -0.124. The van der Waals surface area contributed by atoms with Crippen molar-refractivity contribution in [3.63, 3.8) is 0 Å². The number of sulfone groups is 1. The summed E-state index contributed by atoms with van der Waals surface area (Å²) in [6.45, 7) is 3.20. The SMILES string of the molecule is CCC[C@H](NC(=O)C(C)(NC(c1cccs1)c1cccs1)S(C)(=O)=O)C(=O)c1nc2ccccc2o1. The number of nitrogens with one attached hydrogen (secondary N) is 2. The van der Waals surface area contributed by atoms with E-state index < -0.39 is 38.5 Å². The predicted molar refractivity (Wildman–Crippen MR) is 142 cm³/mol. The van der Waals surface area contributed by atoms with Gasteiger partial charge in [0.05, 0.1) is 12.1 Å². The largest absolute Gasteiger partial charge is 0.434 e. The summed E-state index contributed by atoms with van der Waals surface area (Å²) >= 11 is 2.92. The Morgan fingerprint density at radius 2 is 1.69 bits per heavy atom. The van der Waals surface area contributed by atoms with Crippen molar-refractivity contribution in [2.24, 2.45) is 0 Å². The molecule has 0 radical (unpaired) electrons.